The number of carbonyl (C=O) groups excluding carboxylic acids is 2. The summed E-state index contributed by atoms with van der Waals surface area (Å²) in [6.07, 6.45) is 4.91. The standard InChI is InChI=1S/C24H29ClN6O2/c1-16-4-6-19(7-5-16)14-31-22(25)21(17(2)28-31)24(33)30-10-8-18(9-11-30)12-26-23(32)20-13-27-29(3)15-20/h4-7,13,15,18H,8-12,14H2,1-3H3,(H,26,32). The van der Waals surface area contributed by atoms with Crippen molar-refractivity contribution in [3.63, 3.8) is 0 Å². The summed E-state index contributed by atoms with van der Waals surface area (Å²) < 4.78 is 3.30. The minimum absolute atomic E-state index is 0.0782. The molecule has 4 rings (SSSR count). The molecule has 1 aromatic carbocycles. The molecular weight excluding hydrogens is 440 g/mol. The molecule has 1 aliphatic heterocycles. The van der Waals surface area contributed by atoms with Crippen molar-refractivity contribution in [1.82, 2.24) is 29.8 Å². The smallest absolute Gasteiger partial charge is 0.258 e. The van der Waals surface area contributed by atoms with Gasteiger partial charge in [0.25, 0.3) is 11.8 Å². The lowest BCUT2D eigenvalue weighted by Gasteiger charge is -2.32. The average molecular weight is 469 g/mol. The molecule has 3 heterocycles. The molecule has 1 fully saturated rings. The molecule has 1 saturated heterocycles. The third kappa shape index (κ3) is 5.27. The van der Waals surface area contributed by atoms with E-state index < -0.39 is 0 Å². The van der Waals surface area contributed by atoms with Gasteiger partial charge in [0.2, 0.25) is 0 Å². The van der Waals surface area contributed by atoms with Crippen LogP contribution in [0.1, 0.15) is 50.4 Å². The topological polar surface area (TPSA) is 85.1 Å². The SMILES string of the molecule is Cc1ccc(Cn2nc(C)c(C(=O)N3CCC(CNC(=O)c4cnn(C)c4)CC3)c2Cl)cc1. The molecule has 2 aromatic heterocycles. The number of amides is 2. The van der Waals surface area contributed by atoms with Crippen molar-refractivity contribution in [1.29, 1.82) is 0 Å². The Morgan fingerprint density at radius 1 is 1.15 bits per heavy atom. The van der Waals surface area contributed by atoms with Crippen LogP contribution in [-0.4, -0.2) is 55.9 Å². The number of hydrogen-bond donors (Lipinski definition) is 1. The summed E-state index contributed by atoms with van der Waals surface area (Å²) in [6, 6.07) is 8.19. The lowest BCUT2D eigenvalue weighted by atomic mass is 9.96. The summed E-state index contributed by atoms with van der Waals surface area (Å²) in [5.41, 5.74) is 3.95. The van der Waals surface area contributed by atoms with Gasteiger partial charge >= 0.3 is 0 Å². The van der Waals surface area contributed by atoms with E-state index in [1.807, 2.05) is 30.9 Å². The van der Waals surface area contributed by atoms with Gasteiger partial charge in [-0.2, -0.15) is 10.2 Å². The van der Waals surface area contributed by atoms with Gasteiger partial charge < -0.3 is 10.2 Å². The maximum absolute atomic E-state index is 13.2. The summed E-state index contributed by atoms with van der Waals surface area (Å²) in [7, 11) is 1.78. The zero-order valence-electron chi connectivity index (χ0n) is 19.2. The monoisotopic (exact) mass is 468 g/mol. The van der Waals surface area contributed by atoms with Crippen molar-refractivity contribution in [2.45, 2.75) is 33.2 Å². The fourth-order valence-corrected chi connectivity index (χ4v) is 4.46. The van der Waals surface area contributed by atoms with E-state index in [-0.39, 0.29) is 11.8 Å². The first-order valence-electron chi connectivity index (χ1n) is 11.2. The number of nitrogens with zero attached hydrogens (tertiary/aromatic N) is 5. The molecule has 0 unspecified atom stereocenters. The molecule has 0 saturated carbocycles. The second kappa shape index (κ2) is 9.79. The van der Waals surface area contributed by atoms with E-state index in [1.54, 1.807) is 28.8 Å². The first-order chi connectivity index (χ1) is 15.8. The lowest BCUT2D eigenvalue weighted by Crippen LogP contribution is -2.41. The van der Waals surface area contributed by atoms with Crippen molar-refractivity contribution < 1.29 is 9.59 Å². The fraction of sp³-hybridized carbons (Fsp3) is 0.417. The van der Waals surface area contributed by atoms with Crippen LogP contribution in [-0.2, 0) is 13.6 Å². The minimum Gasteiger partial charge on any atom is -0.352 e. The molecule has 1 N–H and O–H groups in total. The van der Waals surface area contributed by atoms with Crippen LogP contribution < -0.4 is 5.32 Å². The Bertz CT molecular complexity index is 1140. The van der Waals surface area contributed by atoms with Crippen molar-refractivity contribution in [3.05, 3.63) is 69.8 Å². The Morgan fingerprint density at radius 2 is 1.85 bits per heavy atom. The molecule has 33 heavy (non-hydrogen) atoms. The van der Waals surface area contributed by atoms with E-state index in [2.05, 4.69) is 27.6 Å². The minimum atomic E-state index is -0.120. The van der Waals surface area contributed by atoms with Crippen LogP contribution in [0.2, 0.25) is 5.15 Å². The fourth-order valence-electron chi connectivity index (χ4n) is 4.14. The third-order valence-electron chi connectivity index (χ3n) is 6.15. The average Bonchev–Trinajstić information content (AvgIpc) is 3.36. The maximum Gasteiger partial charge on any atom is 0.258 e. The molecule has 8 nitrogen and oxygen atoms in total. The van der Waals surface area contributed by atoms with Crippen molar-refractivity contribution in [2.75, 3.05) is 19.6 Å². The summed E-state index contributed by atoms with van der Waals surface area (Å²) in [5.74, 6) is 0.131. The van der Waals surface area contributed by atoms with E-state index in [9.17, 15) is 9.59 Å². The second-order valence-electron chi connectivity index (χ2n) is 8.74. The highest BCUT2D eigenvalue weighted by molar-refractivity contribution is 6.33. The molecule has 0 aliphatic carbocycles. The number of nitrogens with one attached hydrogen (secondary N) is 1. The summed E-state index contributed by atoms with van der Waals surface area (Å²) >= 11 is 6.60. The van der Waals surface area contributed by atoms with Gasteiger partial charge in [0, 0.05) is 32.9 Å². The highest BCUT2D eigenvalue weighted by atomic mass is 35.5. The van der Waals surface area contributed by atoms with Crippen molar-refractivity contribution in [3.8, 4) is 0 Å². The van der Waals surface area contributed by atoms with E-state index >= 15 is 0 Å². The molecular formula is C24H29ClN6O2. The summed E-state index contributed by atoms with van der Waals surface area (Å²) in [6.45, 7) is 6.24. The first-order valence-corrected chi connectivity index (χ1v) is 11.5. The van der Waals surface area contributed by atoms with Crippen LogP contribution in [0, 0.1) is 19.8 Å². The van der Waals surface area contributed by atoms with Gasteiger partial charge in [-0.25, -0.2) is 4.68 Å². The van der Waals surface area contributed by atoms with Gasteiger partial charge in [-0.1, -0.05) is 41.4 Å². The number of aromatic nitrogens is 4. The second-order valence-corrected chi connectivity index (χ2v) is 9.10. The zero-order chi connectivity index (χ0) is 23.5. The number of rotatable bonds is 6. The van der Waals surface area contributed by atoms with Gasteiger partial charge in [0.1, 0.15) is 5.15 Å². The Hall–Kier alpha value is -3.13. The predicted octanol–water partition coefficient (Wildman–Crippen LogP) is 3.22. The molecule has 9 heteroatoms. The molecule has 0 bridgehead atoms. The molecule has 0 radical (unpaired) electrons. The highest BCUT2D eigenvalue weighted by Crippen LogP contribution is 2.25. The maximum atomic E-state index is 13.2. The molecule has 0 spiro atoms. The van der Waals surface area contributed by atoms with E-state index in [4.69, 9.17) is 11.6 Å². The van der Waals surface area contributed by atoms with Crippen LogP contribution in [0.25, 0.3) is 0 Å². The van der Waals surface area contributed by atoms with Gasteiger partial charge in [0.15, 0.2) is 0 Å². The van der Waals surface area contributed by atoms with Crippen LogP contribution >= 0.6 is 11.6 Å². The number of hydrogen-bond acceptors (Lipinski definition) is 4. The van der Waals surface area contributed by atoms with Crippen molar-refractivity contribution in [2.24, 2.45) is 13.0 Å². The Labute approximate surface area is 198 Å². The number of carbonyl (C=O) groups is 2. The number of likely N-dealkylation sites (tertiary alicyclic amines) is 1. The van der Waals surface area contributed by atoms with Crippen LogP contribution in [0.5, 0.6) is 0 Å². The van der Waals surface area contributed by atoms with Crippen LogP contribution in [0.4, 0.5) is 0 Å². The van der Waals surface area contributed by atoms with Crippen molar-refractivity contribution >= 4 is 23.4 Å². The van der Waals surface area contributed by atoms with E-state index in [0.29, 0.717) is 54.1 Å². The van der Waals surface area contributed by atoms with Gasteiger partial charge in [0.05, 0.1) is 29.6 Å². The number of aryl methyl sites for hydroxylation is 3. The summed E-state index contributed by atoms with van der Waals surface area (Å²) in [4.78, 5) is 27.3. The lowest BCUT2D eigenvalue weighted by molar-refractivity contribution is 0.0683. The van der Waals surface area contributed by atoms with Gasteiger partial charge in [-0.05, 0) is 38.2 Å². The number of halogens is 1. The van der Waals surface area contributed by atoms with Crippen LogP contribution in [0.3, 0.4) is 0 Å². The molecule has 3 aromatic rings. The number of piperidine rings is 1. The third-order valence-corrected chi connectivity index (χ3v) is 6.54. The zero-order valence-corrected chi connectivity index (χ0v) is 20.0. The Morgan fingerprint density at radius 3 is 2.48 bits per heavy atom. The van der Waals surface area contributed by atoms with Gasteiger partial charge in [-0.15, -0.1) is 0 Å². The molecule has 0 atom stereocenters. The Kier molecular flexibility index (Phi) is 6.83. The normalized spacial score (nSPS) is 14.5. The van der Waals surface area contributed by atoms with Crippen LogP contribution in [0.15, 0.2) is 36.7 Å². The quantitative estimate of drug-likeness (QED) is 0.602. The van der Waals surface area contributed by atoms with Gasteiger partial charge in [-0.3, -0.25) is 14.3 Å². The highest BCUT2D eigenvalue weighted by Gasteiger charge is 2.28. The van der Waals surface area contributed by atoms with E-state index in [0.717, 1.165) is 18.4 Å². The number of benzene rings is 1. The largest absolute Gasteiger partial charge is 0.352 e. The molecule has 174 valence electrons. The molecule has 1 aliphatic rings. The molecule has 2 amide bonds. The summed E-state index contributed by atoms with van der Waals surface area (Å²) in [5, 5.41) is 11.9. The van der Waals surface area contributed by atoms with E-state index in [1.165, 1.54) is 5.56 Å². The Balaban J connectivity index is 1.33. The predicted molar refractivity (Wildman–Crippen MR) is 126 cm³/mol. The first kappa shape index (κ1) is 23.0.